The van der Waals surface area contributed by atoms with E-state index >= 15 is 0 Å². The zero-order valence-electron chi connectivity index (χ0n) is 10.9. The molecule has 0 aliphatic carbocycles. The van der Waals surface area contributed by atoms with Gasteiger partial charge in [-0.3, -0.25) is 9.69 Å². The predicted octanol–water partition coefficient (Wildman–Crippen LogP) is 0.671. The minimum Gasteiger partial charge on any atom is -0.374 e. The maximum absolute atomic E-state index is 12.9. The Morgan fingerprint density at radius 2 is 2.47 bits per heavy atom. The van der Waals surface area contributed by atoms with E-state index in [9.17, 15) is 9.18 Å². The summed E-state index contributed by atoms with van der Waals surface area (Å²) in [5, 5.41) is 2.72. The van der Waals surface area contributed by atoms with Crippen LogP contribution in [0.25, 0.3) is 0 Å². The first-order valence-electron chi connectivity index (χ1n) is 6.43. The standard InChI is InChI=1S/C13H18FN3O2/c1-2-17-6-7-19-10(9-17)8-15-13(18)11-4-3-5-12(14)16-11/h3-5,10H,2,6-9H2,1H3,(H,15,18). The number of ether oxygens (including phenoxy) is 1. The Hall–Kier alpha value is -1.53. The molecule has 104 valence electrons. The number of rotatable bonds is 4. The Morgan fingerprint density at radius 3 is 3.21 bits per heavy atom. The van der Waals surface area contributed by atoms with Crippen LogP contribution in [0.4, 0.5) is 4.39 Å². The molecule has 1 atom stereocenters. The predicted molar refractivity (Wildman–Crippen MR) is 68.4 cm³/mol. The van der Waals surface area contributed by atoms with Crippen LogP contribution in [0.5, 0.6) is 0 Å². The van der Waals surface area contributed by atoms with Gasteiger partial charge in [0.25, 0.3) is 5.91 Å². The molecule has 0 spiro atoms. The highest BCUT2D eigenvalue weighted by Crippen LogP contribution is 2.04. The first-order chi connectivity index (χ1) is 9.19. The average Bonchev–Trinajstić information content (AvgIpc) is 2.45. The average molecular weight is 267 g/mol. The fourth-order valence-electron chi connectivity index (χ4n) is 2.02. The summed E-state index contributed by atoms with van der Waals surface area (Å²) < 4.78 is 18.5. The van der Waals surface area contributed by atoms with Crippen LogP contribution in [0.3, 0.4) is 0 Å². The molecule has 1 fully saturated rings. The van der Waals surface area contributed by atoms with Crippen LogP contribution in [-0.2, 0) is 4.74 Å². The summed E-state index contributed by atoms with van der Waals surface area (Å²) in [5.41, 5.74) is 0.0863. The summed E-state index contributed by atoms with van der Waals surface area (Å²) >= 11 is 0. The molecule has 1 saturated heterocycles. The fourth-order valence-corrected chi connectivity index (χ4v) is 2.02. The second-order valence-corrected chi connectivity index (χ2v) is 4.44. The summed E-state index contributed by atoms with van der Waals surface area (Å²) in [7, 11) is 0. The largest absolute Gasteiger partial charge is 0.374 e. The van der Waals surface area contributed by atoms with Crippen molar-refractivity contribution in [1.82, 2.24) is 15.2 Å². The van der Waals surface area contributed by atoms with E-state index in [2.05, 4.69) is 22.1 Å². The van der Waals surface area contributed by atoms with Crippen molar-refractivity contribution in [2.24, 2.45) is 0 Å². The maximum Gasteiger partial charge on any atom is 0.270 e. The van der Waals surface area contributed by atoms with Gasteiger partial charge in [-0.2, -0.15) is 4.39 Å². The highest BCUT2D eigenvalue weighted by molar-refractivity contribution is 5.92. The van der Waals surface area contributed by atoms with E-state index in [0.717, 1.165) is 19.6 Å². The Labute approximate surface area is 111 Å². The molecule has 2 rings (SSSR count). The third-order valence-electron chi connectivity index (χ3n) is 3.11. The van der Waals surface area contributed by atoms with Crippen molar-refractivity contribution in [2.45, 2.75) is 13.0 Å². The van der Waals surface area contributed by atoms with Crippen molar-refractivity contribution in [3.05, 3.63) is 29.8 Å². The zero-order chi connectivity index (χ0) is 13.7. The molecule has 0 aromatic carbocycles. The Kier molecular flexibility index (Phi) is 4.81. The molecule has 5 nitrogen and oxygen atoms in total. The summed E-state index contributed by atoms with van der Waals surface area (Å²) in [6.07, 6.45) is -0.0220. The lowest BCUT2D eigenvalue weighted by Crippen LogP contribution is -2.47. The van der Waals surface area contributed by atoms with Gasteiger partial charge in [0.15, 0.2) is 0 Å². The Morgan fingerprint density at radius 1 is 1.63 bits per heavy atom. The number of nitrogens with zero attached hydrogens (tertiary/aromatic N) is 2. The lowest BCUT2D eigenvalue weighted by molar-refractivity contribution is -0.0246. The molecule has 0 bridgehead atoms. The van der Waals surface area contributed by atoms with E-state index in [0.29, 0.717) is 13.2 Å². The number of amides is 1. The third-order valence-corrected chi connectivity index (χ3v) is 3.11. The maximum atomic E-state index is 12.9. The number of hydrogen-bond donors (Lipinski definition) is 1. The van der Waals surface area contributed by atoms with Gasteiger partial charge in [0.05, 0.1) is 12.7 Å². The second kappa shape index (κ2) is 6.58. The van der Waals surface area contributed by atoms with E-state index in [1.54, 1.807) is 0 Å². The van der Waals surface area contributed by atoms with Gasteiger partial charge in [0.1, 0.15) is 5.69 Å². The first-order valence-corrected chi connectivity index (χ1v) is 6.43. The van der Waals surface area contributed by atoms with E-state index in [1.807, 2.05) is 0 Å². The molecular formula is C13H18FN3O2. The van der Waals surface area contributed by atoms with Crippen molar-refractivity contribution in [3.8, 4) is 0 Å². The number of aromatic nitrogens is 1. The topological polar surface area (TPSA) is 54.5 Å². The number of carbonyl (C=O) groups is 1. The first kappa shape index (κ1) is 13.9. The van der Waals surface area contributed by atoms with Gasteiger partial charge in [-0.25, -0.2) is 4.98 Å². The van der Waals surface area contributed by atoms with Gasteiger partial charge in [-0.1, -0.05) is 13.0 Å². The molecule has 1 aliphatic rings. The second-order valence-electron chi connectivity index (χ2n) is 4.44. The SMILES string of the molecule is CCN1CCOC(CNC(=O)c2cccc(F)n2)C1. The van der Waals surface area contributed by atoms with E-state index < -0.39 is 5.95 Å². The normalized spacial score (nSPS) is 20.2. The molecule has 1 aromatic rings. The number of hydrogen-bond acceptors (Lipinski definition) is 4. The van der Waals surface area contributed by atoms with E-state index in [1.165, 1.54) is 18.2 Å². The molecule has 1 N–H and O–H groups in total. The summed E-state index contributed by atoms with van der Waals surface area (Å²) in [6, 6.07) is 4.16. The smallest absolute Gasteiger partial charge is 0.270 e. The van der Waals surface area contributed by atoms with Crippen molar-refractivity contribution in [1.29, 1.82) is 0 Å². The molecule has 1 amide bonds. The van der Waals surface area contributed by atoms with Gasteiger partial charge < -0.3 is 10.1 Å². The Balaban J connectivity index is 1.83. The van der Waals surface area contributed by atoms with Crippen LogP contribution in [0.2, 0.25) is 0 Å². The minimum atomic E-state index is -0.654. The quantitative estimate of drug-likeness (QED) is 0.815. The third kappa shape index (κ3) is 3.97. The number of carbonyl (C=O) groups excluding carboxylic acids is 1. The summed E-state index contributed by atoms with van der Waals surface area (Å²) in [5.74, 6) is -1.03. The number of halogens is 1. The van der Waals surface area contributed by atoms with Gasteiger partial charge in [-0.15, -0.1) is 0 Å². The van der Waals surface area contributed by atoms with Crippen molar-refractivity contribution < 1.29 is 13.9 Å². The van der Waals surface area contributed by atoms with Gasteiger partial charge in [0.2, 0.25) is 5.95 Å². The van der Waals surface area contributed by atoms with Gasteiger partial charge in [0, 0.05) is 19.6 Å². The monoisotopic (exact) mass is 267 g/mol. The van der Waals surface area contributed by atoms with Crippen molar-refractivity contribution in [2.75, 3.05) is 32.8 Å². The van der Waals surface area contributed by atoms with Crippen LogP contribution in [0.15, 0.2) is 18.2 Å². The summed E-state index contributed by atoms with van der Waals surface area (Å²) in [4.78, 5) is 17.6. The van der Waals surface area contributed by atoms with Crippen LogP contribution in [0, 0.1) is 5.95 Å². The minimum absolute atomic E-state index is 0.0220. The lowest BCUT2D eigenvalue weighted by Gasteiger charge is -2.32. The van der Waals surface area contributed by atoms with Crippen LogP contribution >= 0.6 is 0 Å². The molecule has 1 unspecified atom stereocenters. The number of nitrogens with one attached hydrogen (secondary N) is 1. The molecule has 2 heterocycles. The number of morpholine rings is 1. The van der Waals surface area contributed by atoms with Gasteiger partial charge in [-0.05, 0) is 18.7 Å². The molecule has 0 radical (unpaired) electrons. The van der Waals surface area contributed by atoms with Crippen LogP contribution in [0.1, 0.15) is 17.4 Å². The van der Waals surface area contributed by atoms with Crippen LogP contribution < -0.4 is 5.32 Å². The van der Waals surface area contributed by atoms with Crippen molar-refractivity contribution in [3.63, 3.8) is 0 Å². The molecule has 1 aliphatic heterocycles. The highest BCUT2D eigenvalue weighted by Gasteiger charge is 2.20. The molecule has 6 heteroatoms. The summed E-state index contributed by atoms with van der Waals surface area (Å²) in [6.45, 7) is 5.87. The Bertz CT molecular complexity index is 442. The lowest BCUT2D eigenvalue weighted by atomic mass is 10.2. The number of likely N-dealkylation sites (N-methyl/N-ethyl adjacent to an activating group) is 1. The molecule has 1 aromatic heterocycles. The van der Waals surface area contributed by atoms with Crippen LogP contribution in [-0.4, -0.2) is 54.7 Å². The fraction of sp³-hybridized carbons (Fsp3) is 0.538. The van der Waals surface area contributed by atoms with E-state index in [-0.39, 0.29) is 17.7 Å². The zero-order valence-corrected chi connectivity index (χ0v) is 10.9. The molecule has 19 heavy (non-hydrogen) atoms. The highest BCUT2D eigenvalue weighted by atomic mass is 19.1. The molecule has 0 saturated carbocycles. The van der Waals surface area contributed by atoms with Crippen molar-refractivity contribution >= 4 is 5.91 Å². The van der Waals surface area contributed by atoms with Gasteiger partial charge >= 0.3 is 0 Å². The number of pyridine rings is 1. The molecular weight excluding hydrogens is 249 g/mol. The van der Waals surface area contributed by atoms with E-state index in [4.69, 9.17) is 4.74 Å².